The Kier molecular flexibility index (Phi) is 12.3. The Hall–Kier alpha value is -4.73. The van der Waals surface area contributed by atoms with Crippen LogP contribution < -0.4 is 19.5 Å². The molecule has 0 aliphatic carbocycles. The van der Waals surface area contributed by atoms with Gasteiger partial charge < -0.3 is 43.7 Å². The second-order valence-corrected chi connectivity index (χ2v) is 11.4. The third-order valence-electron chi connectivity index (χ3n) is 7.56. The van der Waals surface area contributed by atoms with Crippen molar-refractivity contribution in [3.05, 3.63) is 87.6 Å². The van der Waals surface area contributed by atoms with E-state index in [9.17, 15) is 24.3 Å². The number of carboxylic acid groups (broad SMARTS) is 1. The molecule has 1 saturated heterocycles. The molecule has 3 aromatic rings. The number of carbonyl (C=O) groups is 4. The third-order valence-corrected chi connectivity index (χ3v) is 8.18. The zero-order chi connectivity index (χ0) is 34.8. The van der Waals surface area contributed by atoms with Gasteiger partial charge in [0.1, 0.15) is 17.1 Å². The van der Waals surface area contributed by atoms with Crippen LogP contribution in [0.2, 0.25) is 0 Å². The Morgan fingerprint density at radius 3 is 2.21 bits per heavy atom. The number of Topliss-reactive ketones (excluding diaryl/α,β-unsaturated/α-hetero) is 1. The topological polar surface area (TPSA) is 159 Å². The molecule has 1 heterocycles. The van der Waals surface area contributed by atoms with Gasteiger partial charge in [0.2, 0.25) is 5.78 Å². The first kappa shape index (κ1) is 36.1. The summed E-state index contributed by atoms with van der Waals surface area (Å²) < 4.78 is 48.6. The van der Waals surface area contributed by atoms with Crippen molar-refractivity contribution < 1.29 is 57.1 Å². The van der Waals surface area contributed by atoms with Crippen LogP contribution in [0.4, 0.5) is 9.18 Å². The number of nitrogens with zero attached hydrogens (tertiary/aromatic N) is 1. The van der Waals surface area contributed by atoms with Crippen LogP contribution in [-0.4, -0.2) is 93.4 Å². The lowest BCUT2D eigenvalue weighted by atomic mass is 9.81. The fourth-order valence-corrected chi connectivity index (χ4v) is 5.72. The van der Waals surface area contributed by atoms with Gasteiger partial charge in [-0.05, 0) is 71.2 Å². The summed E-state index contributed by atoms with van der Waals surface area (Å²) in [5.74, 6) is -4.11. The first-order valence-corrected chi connectivity index (χ1v) is 15.4. The van der Waals surface area contributed by atoms with Crippen molar-refractivity contribution in [3.8, 4) is 17.2 Å². The average Bonchev–Trinajstić information content (AvgIpc) is 3.26. The first-order chi connectivity index (χ1) is 23.1. The summed E-state index contributed by atoms with van der Waals surface area (Å²) in [5, 5.41) is 12.7. The Morgan fingerprint density at radius 1 is 0.938 bits per heavy atom. The Labute approximate surface area is 283 Å². The molecular formula is C33H34BrFN2O11. The third kappa shape index (κ3) is 8.03. The normalized spacial score (nSPS) is 17.5. The van der Waals surface area contributed by atoms with E-state index in [1.807, 2.05) is 0 Å². The van der Waals surface area contributed by atoms with E-state index in [-0.39, 0.29) is 55.6 Å². The number of benzene rings is 3. The Bertz CT molecular complexity index is 1640. The van der Waals surface area contributed by atoms with E-state index in [1.165, 1.54) is 63.8 Å². The fourth-order valence-electron chi connectivity index (χ4n) is 5.23. The van der Waals surface area contributed by atoms with Gasteiger partial charge in [0, 0.05) is 32.9 Å². The highest BCUT2D eigenvalue weighted by Gasteiger charge is 2.54. The minimum Gasteiger partial charge on any atom is -0.494 e. The number of ether oxygens (including phenoxy) is 6. The van der Waals surface area contributed by atoms with Gasteiger partial charge >= 0.3 is 12.1 Å². The van der Waals surface area contributed by atoms with E-state index in [4.69, 9.17) is 28.4 Å². The molecule has 0 aromatic heterocycles. The maximum Gasteiger partial charge on any atom is 0.407 e. The highest BCUT2D eigenvalue weighted by atomic mass is 79.9. The molecule has 0 bridgehead atoms. The number of hydrogen-bond donors (Lipinski definition) is 2. The second-order valence-electron chi connectivity index (χ2n) is 10.5. The van der Waals surface area contributed by atoms with Gasteiger partial charge in [-0.3, -0.25) is 9.59 Å². The van der Waals surface area contributed by atoms with Gasteiger partial charge in [-0.2, -0.15) is 0 Å². The minimum atomic E-state index is -2.34. The number of methoxy groups -OCH3 is 3. The van der Waals surface area contributed by atoms with Gasteiger partial charge in [-0.25, -0.2) is 14.0 Å². The van der Waals surface area contributed by atoms with Crippen LogP contribution in [0, 0.1) is 5.82 Å². The molecule has 1 fully saturated rings. The number of amides is 2. The lowest BCUT2D eigenvalue weighted by Gasteiger charge is -2.39. The maximum absolute atomic E-state index is 16.1. The Morgan fingerprint density at radius 2 is 1.58 bits per heavy atom. The fraction of sp³-hybridized carbons (Fsp3) is 0.333. The lowest BCUT2D eigenvalue weighted by Crippen LogP contribution is -2.62. The highest BCUT2D eigenvalue weighted by molar-refractivity contribution is 9.10. The van der Waals surface area contributed by atoms with Crippen molar-refractivity contribution in [1.29, 1.82) is 0 Å². The highest BCUT2D eigenvalue weighted by Crippen LogP contribution is 2.38. The van der Waals surface area contributed by atoms with Crippen molar-refractivity contribution in [2.75, 3.05) is 48.0 Å². The number of rotatable bonds is 13. The molecule has 2 N–H and O–H groups in total. The molecule has 2 atom stereocenters. The number of halogens is 2. The summed E-state index contributed by atoms with van der Waals surface area (Å²) in [6, 6.07) is 13.2. The zero-order valence-electron chi connectivity index (χ0n) is 26.3. The van der Waals surface area contributed by atoms with Crippen LogP contribution in [0.25, 0.3) is 0 Å². The molecule has 0 unspecified atom stereocenters. The molecule has 1 aliphatic heterocycles. The molecule has 1 aliphatic rings. The van der Waals surface area contributed by atoms with E-state index in [2.05, 4.69) is 21.2 Å². The van der Waals surface area contributed by atoms with Crippen molar-refractivity contribution in [2.45, 2.75) is 24.5 Å². The molecule has 13 nitrogen and oxygen atoms in total. The van der Waals surface area contributed by atoms with Crippen molar-refractivity contribution >= 4 is 39.7 Å². The second kappa shape index (κ2) is 16.4. The van der Waals surface area contributed by atoms with Crippen LogP contribution >= 0.6 is 15.9 Å². The summed E-state index contributed by atoms with van der Waals surface area (Å²) >= 11 is 3.35. The summed E-state index contributed by atoms with van der Waals surface area (Å²) in [5.41, 5.74) is -2.83. The van der Waals surface area contributed by atoms with Crippen LogP contribution in [0.5, 0.6) is 17.2 Å². The first-order valence-electron chi connectivity index (χ1n) is 14.6. The number of carbonyl (C=O) groups excluding carboxylic acids is 3. The van der Waals surface area contributed by atoms with Crippen molar-refractivity contribution in [1.82, 2.24) is 10.2 Å². The molecular weight excluding hydrogens is 699 g/mol. The monoisotopic (exact) mass is 732 g/mol. The molecule has 256 valence electrons. The van der Waals surface area contributed by atoms with Crippen molar-refractivity contribution in [3.63, 3.8) is 0 Å². The minimum absolute atomic E-state index is 0.00339. The predicted molar refractivity (Wildman–Crippen MR) is 171 cm³/mol. The summed E-state index contributed by atoms with van der Waals surface area (Å²) in [7, 11) is 3.98. The van der Waals surface area contributed by atoms with Gasteiger partial charge in [0.25, 0.3) is 5.91 Å². The van der Waals surface area contributed by atoms with Crippen LogP contribution in [-0.2, 0) is 14.2 Å². The number of ketones is 1. The number of hydrogen-bond acceptors (Lipinski definition) is 10. The summed E-state index contributed by atoms with van der Waals surface area (Å²) in [4.78, 5) is 55.6. The lowest BCUT2D eigenvalue weighted by molar-refractivity contribution is -0.0277. The van der Waals surface area contributed by atoms with E-state index < -0.39 is 53.3 Å². The van der Waals surface area contributed by atoms with E-state index in [0.29, 0.717) is 10.2 Å². The van der Waals surface area contributed by atoms with Gasteiger partial charge in [-0.15, -0.1) is 0 Å². The van der Waals surface area contributed by atoms with E-state index in [1.54, 1.807) is 18.2 Å². The average molecular weight is 734 g/mol. The molecule has 2 amide bonds. The smallest absolute Gasteiger partial charge is 0.407 e. The maximum atomic E-state index is 16.1. The molecule has 0 radical (unpaired) electrons. The van der Waals surface area contributed by atoms with E-state index >= 15 is 4.39 Å². The van der Waals surface area contributed by atoms with Gasteiger partial charge in [-0.1, -0.05) is 18.2 Å². The Balaban J connectivity index is 1.89. The van der Waals surface area contributed by atoms with Gasteiger partial charge in [0.15, 0.2) is 30.8 Å². The molecule has 0 spiro atoms. The van der Waals surface area contributed by atoms with Crippen LogP contribution in [0.1, 0.15) is 43.9 Å². The largest absolute Gasteiger partial charge is 0.494 e. The summed E-state index contributed by atoms with van der Waals surface area (Å²) in [6.45, 7) is -0.990. The standard InChI is InChI=1S/C33H34BrFN2O11/c1-43-18-46-23-11-10-21(16-22(23)34)30(39)36-26-17-37(32(41)42)15-7-14-33(26,48-31(40)20-8-5-4-6-9-20)29(38)27-24(47-19-44-2)12-13-25(45-3)28(27)35/h4-6,8-13,16,26H,7,14-15,17-19H2,1-3H3,(H,36,39)(H,41,42)/t26-,33-/m1/s1. The van der Waals surface area contributed by atoms with Crippen molar-refractivity contribution in [2.24, 2.45) is 0 Å². The number of nitrogens with one attached hydrogen (secondary N) is 1. The molecule has 3 aromatic carbocycles. The zero-order valence-corrected chi connectivity index (χ0v) is 27.9. The molecule has 48 heavy (non-hydrogen) atoms. The number of esters is 1. The number of likely N-dealkylation sites (tertiary alicyclic amines) is 1. The molecule has 0 saturated carbocycles. The molecule has 15 heteroatoms. The van der Waals surface area contributed by atoms with E-state index in [0.717, 1.165) is 4.90 Å². The SMILES string of the molecule is COCOc1ccc(C(=O)N[C@@H]2CN(C(=O)O)CCC[C@]2(OC(=O)c2ccccc2)C(=O)c2c(OCOC)ccc(OC)c2F)cc1Br. The molecule has 4 rings (SSSR count). The van der Waals surface area contributed by atoms with Gasteiger partial charge in [0.05, 0.1) is 23.2 Å². The van der Waals surface area contributed by atoms with Crippen LogP contribution in [0.15, 0.2) is 65.1 Å². The quantitative estimate of drug-likeness (QED) is 0.140. The summed E-state index contributed by atoms with van der Waals surface area (Å²) in [6.07, 6.45) is -1.64. The predicted octanol–water partition coefficient (Wildman–Crippen LogP) is 4.91. The van der Waals surface area contributed by atoms with Crippen LogP contribution in [0.3, 0.4) is 0 Å².